The van der Waals surface area contributed by atoms with E-state index >= 15 is 0 Å². The predicted octanol–water partition coefficient (Wildman–Crippen LogP) is 4.78. The van der Waals surface area contributed by atoms with Gasteiger partial charge in [-0.15, -0.1) is 6.58 Å². The highest BCUT2D eigenvalue weighted by atomic mass is 32.2. The van der Waals surface area contributed by atoms with E-state index in [1.165, 1.54) is 12.3 Å². The van der Waals surface area contributed by atoms with E-state index in [2.05, 4.69) is 16.5 Å². The number of alkyl halides is 3. The normalized spacial score (nSPS) is 18.8. The Morgan fingerprint density at radius 1 is 1.50 bits per heavy atom. The van der Waals surface area contributed by atoms with E-state index in [0.717, 1.165) is 30.7 Å². The van der Waals surface area contributed by atoms with Crippen LogP contribution in [0.3, 0.4) is 0 Å². The maximum atomic E-state index is 13.0. The molecule has 154 valence electrons. The van der Waals surface area contributed by atoms with Gasteiger partial charge in [0.05, 0.1) is 12.8 Å². The first-order valence-corrected chi connectivity index (χ1v) is 9.86. The first-order valence-electron chi connectivity index (χ1n) is 8.87. The third-order valence-electron chi connectivity index (χ3n) is 3.97. The van der Waals surface area contributed by atoms with E-state index in [9.17, 15) is 18.0 Å². The lowest BCUT2D eigenvalue weighted by atomic mass is 10.1. The van der Waals surface area contributed by atoms with Crippen LogP contribution < -0.4 is 10.3 Å². The zero-order valence-corrected chi connectivity index (χ0v) is 16.4. The molecule has 0 bridgehead atoms. The highest BCUT2D eigenvalue weighted by molar-refractivity contribution is 7.99. The van der Waals surface area contributed by atoms with E-state index in [1.54, 1.807) is 13.0 Å². The standard InChI is InChI=1S/C19H23F3N2O3S/c1-3-7-14(19(20,21)22)10-13(4-2)12-28-18-23-11-15(17(25)24-18)27-16-8-5-6-9-26-16/h3-4,10-11,16H,1,5-9,12H2,2H3,(H,23,24,25)/b13-4+,14-10+. The van der Waals surface area contributed by atoms with Crippen molar-refractivity contribution in [2.75, 3.05) is 12.4 Å². The average Bonchev–Trinajstić information content (AvgIpc) is 2.66. The summed E-state index contributed by atoms with van der Waals surface area (Å²) < 4.78 is 50.0. The molecule has 0 radical (unpaired) electrons. The summed E-state index contributed by atoms with van der Waals surface area (Å²) in [6, 6.07) is 0. The molecular formula is C19H23F3N2O3S. The molecular weight excluding hydrogens is 393 g/mol. The largest absolute Gasteiger partial charge is 0.458 e. The second-order valence-corrected chi connectivity index (χ2v) is 7.07. The van der Waals surface area contributed by atoms with Crippen LogP contribution in [0.5, 0.6) is 5.75 Å². The smallest absolute Gasteiger partial charge is 0.413 e. The molecule has 1 aromatic heterocycles. The average molecular weight is 416 g/mol. The molecule has 28 heavy (non-hydrogen) atoms. The fourth-order valence-corrected chi connectivity index (χ4v) is 3.31. The van der Waals surface area contributed by atoms with Crippen LogP contribution >= 0.6 is 11.8 Å². The zero-order valence-electron chi connectivity index (χ0n) is 15.6. The molecule has 1 saturated heterocycles. The summed E-state index contributed by atoms with van der Waals surface area (Å²) in [5.41, 5.74) is -0.654. The molecule has 0 aliphatic carbocycles. The quantitative estimate of drug-likeness (QED) is 0.286. The lowest BCUT2D eigenvalue weighted by Gasteiger charge is -2.22. The Bertz CT molecular complexity index is 781. The van der Waals surface area contributed by atoms with Crippen LogP contribution in [-0.2, 0) is 4.74 Å². The summed E-state index contributed by atoms with van der Waals surface area (Å²) in [5, 5.41) is 0.298. The number of rotatable bonds is 8. The molecule has 1 fully saturated rings. The van der Waals surface area contributed by atoms with Gasteiger partial charge in [0.1, 0.15) is 0 Å². The Hall–Kier alpha value is -2.00. The highest BCUT2D eigenvalue weighted by Gasteiger charge is 2.32. The third-order valence-corrected chi connectivity index (χ3v) is 4.93. The fraction of sp³-hybridized carbons (Fsp3) is 0.474. The summed E-state index contributed by atoms with van der Waals surface area (Å²) in [6.07, 6.45) is 2.72. The zero-order chi connectivity index (χ0) is 20.6. The predicted molar refractivity (Wildman–Crippen MR) is 103 cm³/mol. The van der Waals surface area contributed by atoms with Crippen molar-refractivity contribution in [3.63, 3.8) is 0 Å². The van der Waals surface area contributed by atoms with Crippen molar-refractivity contribution in [1.29, 1.82) is 0 Å². The van der Waals surface area contributed by atoms with Crippen molar-refractivity contribution in [2.24, 2.45) is 0 Å². The fourth-order valence-electron chi connectivity index (χ4n) is 2.47. The molecule has 9 heteroatoms. The van der Waals surface area contributed by atoms with E-state index in [1.807, 2.05) is 0 Å². The van der Waals surface area contributed by atoms with Gasteiger partial charge < -0.3 is 9.47 Å². The monoisotopic (exact) mass is 416 g/mol. The molecule has 0 amide bonds. The Kier molecular flexibility index (Phi) is 8.37. The molecule has 1 N–H and O–H groups in total. The van der Waals surface area contributed by atoms with E-state index in [0.29, 0.717) is 23.8 Å². The van der Waals surface area contributed by atoms with Gasteiger partial charge in [-0.3, -0.25) is 9.78 Å². The SMILES string of the molecule is C=CC/C(=C\C(=C/C)CSc1ncc(OC2CCCCO2)c(=O)[nH]1)C(F)(F)F. The van der Waals surface area contributed by atoms with Crippen LogP contribution in [0, 0.1) is 0 Å². The minimum absolute atomic E-state index is 0.0627. The topological polar surface area (TPSA) is 64.2 Å². The molecule has 2 heterocycles. The molecule has 1 aliphatic rings. The van der Waals surface area contributed by atoms with Gasteiger partial charge in [0.25, 0.3) is 5.56 Å². The number of aromatic nitrogens is 2. The van der Waals surface area contributed by atoms with Crippen LogP contribution in [0.1, 0.15) is 32.6 Å². The van der Waals surface area contributed by atoms with Crippen LogP contribution in [0.25, 0.3) is 0 Å². The maximum absolute atomic E-state index is 13.0. The Labute approximate surface area is 165 Å². The minimum atomic E-state index is -4.42. The summed E-state index contributed by atoms with van der Waals surface area (Å²) in [7, 11) is 0. The second-order valence-electron chi connectivity index (χ2n) is 6.11. The molecule has 1 unspecified atom stereocenters. The second kappa shape index (κ2) is 10.5. The number of hydrogen-bond donors (Lipinski definition) is 1. The first kappa shape index (κ1) is 22.3. The molecule has 5 nitrogen and oxygen atoms in total. The number of allylic oxidation sites excluding steroid dienone is 4. The molecule has 0 aromatic carbocycles. The van der Waals surface area contributed by atoms with Gasteiger partial charge in [-0.25, -0.2) is 4.98 Å². The molecule has 1 aromatic rings. The Balaban J connectivity index is 2.01. The van der Waals surface area contributed by atoms with Gasteiger partial charge in [0.2, 0.25) is 5.75 Å². The maximum Gasteiger partial charge on any atom is 0.413 e. The number of thioether (sulfide) groups is 1. The number of aromatic amines is 1. The lowest BCUT2D eigenvalue weighted by Crippen LogP contribution is -2.27. The summed E-state index contributed by atoms with van der Waals surface area (Å²) in [6.45, 7) is 5.62. The molecule has 2 rings (SSSR count). The van der Waals surface area contributed by atoms with Gasteiger partial charge in [-0.1, -0.05) is 30.0 Å². The van der Waals surface area contributed by atoms with Crippen LogP contribution in [0.15, 0.2) is 52.1 Å². The Morgan fingerprint density at radius 2 is 2.29 bits per heavy atom. The van der Waals surface area contributed by atoms with E-state index < -0.39 is 23.6 Å². The van der Waals surface area contributed by atoms with Gasteiger partial charge in [0.15, 0.2) is 11.4 Å². The van der Waals surface area contributed by atoms with Crippen molar-refractivity contribution in [3.8, 4) is 5.75 Å². The molecule has 1 atom stereocenters. The van der Waals surface area contributed by atoms with Crippen molar-refractivity contribution >= 4 is 11.8 Å². The first-order chi connectivity index (χ1) is 13.3. The van der Waals surface area contributed by atoms with Gasteiger partial charge in [0, 0.05) is 17.7 Å². The van der Waals surface area contributed by atoms with Gasteiger partial charge in [-0.05, 0) is 31.8 Å². The van der Waals surface area contributed by atoms with Gasteiger partial charge in [-0.2, -0.15) is 13.2 Å². The minimum Gasteiger partial charge on any atom is -0.458 e. The van der Waals surface area contributed by atoms with Crippen molar-refractivity contribution in [1.82, 2.24) is 9.97 Å². The molecule has 0 saturated carbocycles. The molecule has 0 spiro atoms. The van der Waals surface area contributed by atoms with Crippen LogP contribution in [0.4, 0.5) is 13.2 Å². The van der Waals surface area contributed by atoms with Crippen molar-refractivity contribution < 1.29 is 22.6 Å². The summed E-state index contributed by atoms with van der Waals surface area (Å²) in [5.74, 6) is 0.287. The van der Waals surface area contributed by atoms with Crippen LogP contribution in [0.2, 0.25) is 0 Å². The third kappa shape index (κ3) is 6.87. The number of hydrogen-bond acceptors (Lipinski definition) is 5. The number of halogens is 3. The Morgan fingerprint density at radius 3 is 2.86 bits per heavy atom. The lowest BCUT2D eigenvalue weighted by molar-refractivity contribution is -0.106. The summed E-state index contributed by atoms with van der Waals surface area (Å²) in [4.78, 5) is 18.8. The van der Waals surface area contributed by atoms with Crippen molar-refractivity contribution in [3.05, 3.63) is 52.5 Å². The number of ether oxygens (including phenoxy) is 2. The van der Waals surface area contributed by atoms with Crippen LogP contribution in [-0.4, -0.2) is 34.8 Å². The van der Waals surface area contributed by atoms with E-state index in [4.69, 9.17) is 9.47 Å². The number of H-pyrrole nitrogens is 1. The summed E-state index contributed by atoms with van der Waals surface area (Å²) >= 11 is 1.13. The number of nitrogens with one attached hydrogen (secondary N) is 1. The van der Waals surface area contributed by atoms with Crippen molar-refractivity contribution in [2.45, 2.75) is 50.2 Å². The van der Waals surface area contributed by atoms with E-state index in [-0.39, 0.29) is 17.9 Å². The number of nitrogens with zero attached hydrogens (tertiary/aromatic N) is 1. The van der Waals surface area contributed by atoms with Gasteiger partial charge >= 0.3 is 6.18 Å². The highest BCUT2D eigenvalue weighted by Crippen LogP contribution is 2.30. The molecule has 1 aliphatic heterocycles.